The minimum absolute atomic E-state index is 0.0546. The van der Waals surface area contributed by atoms with Crippen LogP contribution < -0.4 is 16.0 Å². The van der Waals surface area contributed by atoms with Gasteiger partial charge in [-0.3, -0.25) is 4.99 Å². The third kappa shape index (κ3) is 10.2. The van der Waals surface area contributed by atoms with Gasteiger partial charge >= 0.3 is 6.09 Å². The molecule has 3 N–H and O–H groups in total. The maximum Gasteiger partial charge on any atom is 0.408 e. The maximum absolute atomic E-state index is 12.4. The Hall–Kier alpha value is -2.29. The van der Waals surface area contributed by atoms with E-state index in [-0.39, 0.29) is 18.8 Å². The van der Waals surface area contributed by atoms with Gasteiger partial charge in [-0.15, -0.1) is 0 Å². The van der Waals surface area contributed by atoms with E-state index in [0.717, 1.165) is 0 Å². The molecule has 29 heavy (non-hydrogen) atoms. The number of carbonyl (C=O) groups excluding carboxylic acids is 1. The highest BCUT2D eigenvalue weighted by Gasteiger charge is 2.24. The molecule has 0 heterocycles. The fraction of sp³-hybridized carbons (Fsp3) is 0.600. The van der Waals surface area contributed by atoms with E-state index in [9.17, 15) is 13.2 Å². The molecular weight excluding hydrogens is 392 g/mol. The molecule has 0 saturated carbocycles. The average molecular weight is 427 g/mol. The topological polar surface area (TPSA) is 109 Å². The molecule has 0 aliphatic heterocycles. The van der Waals surface area contributed by atoms with Crippen molar-refractivity contribution in [1.82, 2.24) is 16.0 Å². The van der Waals surface area contributed by atoms with E-state index in [1.807, 2.05) is 20.8 Å². The van der Waals surface area contributed by atoms with E-state index < -0.39 is 27.1 Å². The van der Waals surface area contributed by atoms with Gasteiger partial charge in [0.2, 0.25) is 0 Å². The number of nitrogens with zero attached hydrogens (tertiary/aromatic N) is 1. The lowest BCUT2D eigenvalue weighted by atomic mass is 10.1. The largest absolute Gasteiger partial charge is 0.444 e. The zero-order valence-electron chi connectivity index (χ0n) is 18.2. The number of nitrogens with one attached hydrogen (secondary N) is 3. The van der Waals surface area contributed by atoms with Crippen LogP contribution in [0.2, 0.25) is 0 Å². The first-order valence-corrected chi connectivity index (χ1v) is 11.3. The fourth-order valence-electron chi connectivity index (χ4n) is 2.29. The van der Waals surface area contributed by atoms with Gasteiger partial charge in [-0.1, -0.05) is 18.2 Å². The van der Waals surface area contributed by atoms with Crippen LogP contribution in [0, 0.1) is 0 Å². The summed E-state index contributed by atoms with van der Waals surface area (Å²) in [6.07, 6.45) is -0.510. The second kappa shape index (κ2) is 10.5. The van der Waals surface area contributed by atoms with Crippen LogP contribution >= 0.6 is 0 Å². The molecule has 0 aliphatic rings. The van der Waals surface area contributed by atoms with Crippen LogP contribution in [0.15, 0.2) is 40.2 Å². The number of ether oxygens (including phenoxy) is 1. The molecule has 0 aromatic heterocycles. The van der Waals surface area contributed by atoms with Crippen LogP contribution in [0.1, 0.15) is 41.5 Å². The Labute approximate surface area is 174 Å². The highest BCUT2D eigenvalue weighted by atomic mass is 32.2. The summed E-state index contributed by atoms with van der Waals surface area (Å²) in [5, 5.41) is 8.89. The minimum atomic E-state index is -3.37. The highest BCUT2D eigenvalue weighted by Crippen LogP contribution is 2.10. The molecule has 0 radical (unpaired) electrons. The molecule has 0 atom stereocenters. The molecule has 0 unspecified atom stereocenters. The van der Waals surface area contributed by atoms with E-state index in [1.54, 1.807) is 51.1 Å². The molecule has 0 spiro atoms. The summed E-state index contributed by atoms with van der Waals surface area (Å²) < 4.78 is 30.0. The average Bonchev–Trinajstić information content (AvgIpc) is 2.58. The third-order valence-electron chi connectivity index (χ3n) is 3.58. The molecule has 8 nitrogen and oxygen atoms in total. The summed E-state index contributed by atoms with van der Waals surface area (Å²) in [5.41, 5.74) is -1.22. The van der Waals surface area contributed by atoms with Gasteiger partial charge in [0.1, 0.15) is 5.60 Å². The second-order valence-electron chi connectivity index (χ2n) is 8.26. The normalized spacial score (nSPS) is 13.0. The standard InChI is InChI=1S/C20H34N4O4S/c1-7-21-17(22-13-14-29(26,27)16-11-9-8-10-12-16)23-15-20(5,6)24-18(25)28-19(2,3)4/h8-12H,7,13-15H2,1-6H3,(H,24,25)(H2,21,22,23). The fourth-order valence-corrected chi connectivity index (χ4v) is 3.47. The van der Waals surface area contributed by atoms with Crippen molar-refractivity contribution in [2.24, 2.45) is 4.99 Å². The van der Waals surface area contributed by atoms with Gasteiger partial charge in [-0.2, -0.15) is 0 Å². The molecule has 164 valence electrons. The number of guanidine groups is 1. The number of carbonyl (C=O) groups is 1. The Morgan fingerprint density at radius 3 is 2.24 bits per heavy atom. The molecule has 0 saturated heterocycles. The quantitative estimate of drug-likeness (QED) is 0.435. The summed E-state index contributed by atoms with van der Waals surface area (Å²) in [7, 11) is -3.37. The zero-order valence-corrected chi connectivity index (χ0v) is 19.0. The van der Waals surface area contributed by atoms with Crippen molar-refractivity contribution in [3.8, 4) is 0 Å². The number of hydrogen-bond donors (Lipinski definition) is 3. The monoisotopic (exact) mass is 426 g/mol. The predicted molar refractivity (Wildman–Crippen MR) is 116 cm³/mol. The number of rotatable bonds is 8. The van der Waals surface area contributed by atoms with Gasteiger partial charge in [0.05, 0.1) is 22.7 Å². The highest BCUT2D eigenvalue weighted by molar-refractivity contribution is 7.91. The maximum atomic E-state index is 12.4. The zero-order chi connectivity index (χ0) is 22.1. The van der Waals surface area contributed by atoms with Crippen molar-refractivity contribution in [1.29, 1.82) is 0 Å². The number of alkyl carbamates (subject to hydrolysis) is 1. The van der Waals surface area contributed by atoms with Crippen molar-refractivity contribution in [3.63, 3.8) is 0 Å². The van der Waals surface area contributed by atoms with Crippen LogP contribution in [-0.4, -0.2) is 57.0 Å². The van der Waals surface area contributed by atoms with Gasteiger partial charge in [0, 0.05) is 13.1 Å². The van der Waals surface area contributed by atoms with Crippen molar-refractivity contribution in [2.75, 3.05) is 25.4 Å². The Kier molecular flexibility index (Phi) is 8.94. The Morgan fingerprint density at radius 2 is 1.69 bits per heavy atom. The molecular formula is C20H34N4O4S. The molecule has 0 bridgehead atoms. The van der Waals surface area contributed by atoms with Crippen molar-refractivity contribution >= 4 is 21.9 Å². The number of hydrogen-bond acceptors (Lipinski definition) is 5. The summed E-state index contributed by atoms with van der Waals surface area (Å²) in [4.78, 5) is 16.7. The number of sulfone groups is 1. The summed E-state index contributed by atoms with van der Waals surface area (Å²) in [6.45, 7) is 12.1. The van der Waals surface area contributed by atoms with E-state index in [1.165, 1.54) is 0 Å². The second-order valence-corrected chi connectivity index (χ2v) is 10.4. The lowest BCUT2D eigenvalue weighted by molar-refractivity contribution is 0.0476. The molecule has 9 heteroatoms. The third-order valence-corrected chi connectivity index (χ3v) is 5.31. The Balaban J connectivity index is 2.64. The van der Waals surface area contributed by atoms with Crippen LogP contribution in [0.3, 0.4) is 0 Å². The smallest absolute Gasteiger partial charge is 0.408 e. The molecule has 1 amide bonds. The minimum Gasteiger partial charge on any atom is -0.444 e. The van der Waals surface area contributed by atoms with Crippen LogP contribution in [0.25, 0.3) is 0 Å². The van der Waals surface area contributed by atoms with E-state index in [0.29, 0.717) is 17.4 Å². The Bertz CT molecular complexity index is 784. The van der Waals surface area contributed by atoms with Crippen molar-refractivity contribution < 1.29 is 17.9 Å². The van der Waals surface area contributed by atoms with Gasteiger partial charge in [0.25, 0.3) is 0 Å². The number of aliphatic imine (C=N–C) groups is 1. The first-order chi connectivity index (χ1) is 13.3. The Morgan fingerprint density at radius 1 is 1.07 bits per heavy atom. The molecule has 0 aliphatic carbocycles. The summed E-state index contributed by atoms with van der Waals surface area (Å²) in [5.74, 6) is 0.427. The lowest BCUT2D eigenvalue weighted by Gasteiger charge is -2.27. The van der Waals surface area contributed by atoms with Crippen LogP contribution in [0.4, 0.5) is 4.79 Å². The number of amides is 1. The van der Waals surface area contributed by atoms with Gasteiger partial charge in [-0.05, 0) is 53.7 Å². The summed E-state index contributed by atoms with van der Waals surface area (Å²) >= 11 is 0. The SMILES string of the molecule is CCNC(=NCC(C)(C)NC(=O)OC(C)(C)C)NCCS(=O)(=O)c1ccccc1. The lowest BCUT2D eigenvalue weighted by Crippen LogP contribution is -2.49. The van der Waals surface area contributed by atoms with Crippen molar-refractivity contribution in [3.05, 3.63) is 30.3 Å². The van der Waals surface area contributed by atoms with E-state index in [2.05, 4.69) is 20.9 Å². The molecule has 1 aromatic rings. The molecule has 1 rings (SSSR count). The molecule has 0 fully saturated rings. The summed E-state index contributed by atoms with van der Waals surface area (Å²) in [6, 6.07) is 8.34. The van der Waals surface area contributed by atoms with Gasteiger partial charge in [-0.25, -0.2) is 13.2 Å². The predicted octanol–water partition coefficient (Wildman–Crippen LogP) is 2.32. The molecule has 1 aromatic carbocycles. The van der Waals surface area contributed by atoms with Crippen LogP contribution in [0.5, 0.6) is 0 Å². The first kappa shape index (κ1) is 24.7. The number of benzene rings is 1. The van der Waals surface area contributed by atoms with E-state index in [4.69, 9.17) is 4.74 Å². The van der Waals surface area contributed by atoms with Crippen molar-refractivity contribution in [2.45, 2.75) is 57.6 Å². The van der Waals surface area contributed by atoms with E-state index >= 15 is 0 Å². The van der Waals surface area contributed by atoms with Gasteiger partial charge in [0.15, 0.2) is 15.8 Å². The van der Waals surface area contributed by atoms with Crippen LogP contribution in [-0.2, 0) is 14.6 Å². The first-order valence-electron chi connectivity index (χ1n) is 9.66. The van der Waals surface area contributed by atoms with Gasteiger partial charge < -0.3 is 20.7 Å².